The molecule has 1 aromatic rings. The Labute approximate surface area is 141 Å². The zero-order valence-electron chi connectivity index (χ0n) is 12.6. The fourth-order valence-electron chi connectivity index (χ4n) is 3.11. The van der Waals surface area contributed by atoms with Crippen molar-refractivity contribution in [3.05, 3.63) is 29.3 Å². The molecule has 2 aliphatic heterocycles. The van der Waals surface area contributed by atoms with E-state index in [1.54, 1.807) is 0 Å². The minimum Gasteiger partial charge on any atom is -0.340 e. The molecule has 1 unspecified atom stereocenters. The number of hydrogen-bond acceptors (Lipinski definition) is 4. The van der Waals surface area contributed by atoms with Crippen molar-refractivity contribution in [2.45, 2.75) is 17.4 Å². The lowest BCUT2D eigenvalue weighted by Gasteiger charge is -2.32. The lowest BCUT2D eigenvalue weighted by Crippen LogP contribution is -2.49. The fourth-order valence-corrected chi connectivity index (χ4v) is 4.25. The number of likely N-dealkylation sites (tertiary alicyclic amines) is 1. The van der Waals surface area contributed by atoms with Crippen molar-refractivity contribution < 1.29 is 4.79 Å². The first-order chi connectivity index (χ1) is 10.7. The van der Waals surface area contributed by atoms with E-state index in [1.165, 1.54) is 11.8 Å². The van der Waals surface area contributed by atoms with Gasteiger partial charge in [0.15, 0.2) is 0 Å². The van der Waals surface area contributed by atoms with Crippen molar-refractivity contribution >= 4 is 29.3 Å². The summed E-state index contributed by atoms with van der Waals surface area (Å²) in [6, 6.07) is 8.23. The molecule has 22 heavy (non-hydrogen) atoms. The number of carbonyl (C=O) groups is 1. The molecule has 6 heteroatoms. The summed E-state index contributed by atoms with van der Waals surface area (Å²) >= 11 is 7.67. The van der Waals surface area contributed by atoms with Crippen LogP contribution in [0.3, 0.4) is 0 Å². The maximum Gasteiger partial charge on any atom is 0.232 e. The molecule has 2 saturated heterocycles. The Morgan fingerprint density at radius 3 is 2.82 bits per heavy atom. The number of nitrogens with one attached hydrogen (secondary N) is 1. The molecule has 3 rings (SSSR count). The monoisotopic (exact) mass is 339 g/mol. The van der Waals surface area contributed by atoms with Crippen LogP contribution in [0.2, 0.25) is 5.02 Å². The zero-order chi connectivity index (χ0) is 15.4. The van der Waals surface area contributed by atoms with Crippen molar-refractivity contribution in [1.29, 1.82) is 0 Å². The van der Waals surface area contributed by atoms with Crippen LogP contribution in [-0.2, 0) is 4.79 Å². The maximum absolute atomic E-state index is 12.4. The number of halogens is 1. The molecular weight excluding hydrogens is 318 g/mol. The van der Waals surface area contributed by atoms with E-state index in [-0.39, 0.29) is 5.91 Å². The minimum atomic E-state index is 0.225. The average Bonchev–Trinajstić information content (AvgIpc) is 3.05. The van der Waals surface area contributed by atoms with Crippen LogP contribution < -0.4 is 5.32 Å². The number of thioether (sulfide) groups is 1. The van der Waals surface area contributed by atoms with Gasteiger partial charge in [0.25, 0.3) is 0 Å². The SMILES string of the molecule is O=C(CSc1ccccc1Cl)N1CCC(N2CCNCC2)C1. The van der Waals surface area contributed by atoms with Gasteiger partial charge in [-0.25, -0.2) is 0 Å². The largest absolute Gasteiger partial charge is 0.340 e. The van der Waals surface area contributed by atoms with Gasteiger partial charge in [0, 0.05) is 50.2 Å². The Morgan fingerprint density at radius 1 is 1.27 bits per heavy atom. The summed E-state index contributed by atoms with van der Waals surface area (Å²) in [6.07, 6.45) is 1.10. The molecule has 120 valence electrons. The molecule has 2 fully saturated rings. The lowest BCUT2D eigenvalue weighted by molar-refractivity contribution is -0.127. The molecule has 1 atom stereocenters. The first-order valence-corrected chi connectivity index (χ1v) is 9.20. The quantitative estimate of drug-likeness (QED) is 0.850. The van der Waals surface area contributed by atoms with Crippen molar-refractivity contribution in [3.63, 3.8) is 0 Å². The van der Waals surface area contributed by atoms with E-state index < -0.39 is 0 Å². The zero-order valence-corrected chi connectivity index (χ0v) is 14.2. The molecule has 0 bridgehead atoms. The Morgan fingerprint density at radius 2 is 2.05 bits per heavy atom. The number of benzene rings is 1. The van der Waals surface area contributed by atoms with Crippen LogP contribution in [-0.4, -0.2) is 66.8 Å². The van der Waals surface area contributed by atoms with Gasteiger partial charge in [-0.2, -0.15) is 0 Å². The van der Waals surface area contributed by atoms with Gasteiger partial charge in [-0.15, -0.1) is 11.8 Å². The molecule has 0 saturated carbocycles. The van der Waals surface area contributed by atoms with E-state index in [9.17, 15) is 4.79 Å². The van der Waals surface area contributed by atoms with Gasteiger partial charge in [0.1, 0.15) is 0 Å². The number of piperazine rings is 1. The molecule has 1 amide bonds. The van der Waals surface area contributed by atoms with E-state index in [0.29, 0.717) is 11.8 Å². The van der Waals surface area contributed by atoms with E-state index in [4.69, 9.17) is 11.6 Å². The molecule has 4 nitrogen and oxygen atoms in total. The van der Waals surface area contributed by atoms with Crippen LogP contribution in [0.5, 0.6) is 0 Å². The van der Waals surface area contributed by atoms with Crippen LogP contribution in [0.25, 0.3) is 0 Å². The lowest BCUT2D eigenvalue weighted by atomic mass is 10.2. The van der Waals surface area contributed by atoms with Gasteiger partial charge in [-0.1, -0.05) is 23.7 Å². The van der Waals surface area contributed by atoms with Gasteiger partial charge in [0.2, 0.25) is 5.91 Å². The molecule has 0 aliphatic carbocycles. The fraction of sp³-hybridized carbons (Fsp3) is 0.562. The Kier molecular flexibility index (Phi) is 5.63. The van der Waals surface area contributed by atoms with Crippen LogP contribution in [0.1, 0.15) is 6.42 Å². The molecule has 0 aromatic heterocycles. The number of rotatable bonds is 4. The molecule has 2 aliphatic rings. The molecule has 2 heterocycles. The van der Waals surface area contributed by atoms with E-state index >= 15 is 0 Å². The van der Waals surface area contributed by atoms with E-state index in [1.807, 2.05) is 29.2 Å². The Balaban J connectivity index is 1.48. The second-order valence-corrected chi connectivity index (χ2v) is 7.21. The number of amides is 1. The molecular formula is C16H22ClN3OS. The van der Waals surface area contributed by atoms with E-state index in [2.05, 4.69) is 10.2 Å². The van der Waals surface area contributed by atoms with Crippen LogP contribution in [0.15, 0.2) is 29.2 Å². The summed E-state index contributed by atoms with van der Waals surface area (Å²) in [4.78, 5) is 17.9. The Hall–Kier alpha value is -0.750. The number of carbonyl (C=O) groups excluding carboxylic acids is 1. The summed E-state index contributed by atoms with van der Waals surface area (Å²) in [6.45, 7) is 6.08. The highest BCUT2D eigenvalue weighted by Gasteiger charge is 2.30. The first kappa shape index (κ1) is 16.1. The average molecular weight is 340 g/mol. The summed E-state index contributed by atoms with van der Waals surface area (Å²) < 4.78 is 0. The third-order valence-corrected chi connectivity index (χ3v) is 5.87. The number of hydrogen-bond donors (Lipinski definition) is 1. The minimum absolute atomic E-state index is 0.225. The van der Waals surface area contributed by atoms with Crippen LogP contribution in [0, 0.1) is 0 Å². The van der Waals surface area contributed by atoms with Crippen molar-refractivity contribution in [2.24, 2.45) is 0 Å². The van der Waals surface area contributed by atoms with Gasteiger partial charge in [-0.3, -0.25) is 9.69 Å². The summed E-state index contributed by atoms with van der Waals surface area (Å²) in [5.74, 6) is 0.695. The highest BCUT2D eigenvalue weighted by atomic mass is 35.5. The second-order valence-electron chi connectivity index (χ2n) is 5.79. The Bertz CT molecular complexity index is 522. The smallest absolute Gasteiger partial charge is 0.232 e. The van der Waals surface area contributed by atoms with Gasteiger partial charge in [-0.05, 0) is 18.6 Å². The predicted octanol–water partition coefficient (Wildman–Crippen LogP) is 1.94. The maximum atomic E-state index is 12.4. The van der Waals surface area contributed by atoms with Crippen LogP contribution >= 0.6 is 23.4 Å². The van der Waals surface area contributed by atoms with Gasteiger partial charge in [0.05, 0.1) is 10.8 Å². The van der Waals surface area contributed by atoms with Gasteiger partial charge >= 0.3 is 0 Å². The molecule has 1 N–H and O–H groups in total. The molecule has 1 aromatic carbocycles. The molecule has 0 radical (unpaired) electrons. The molecule has 0 spiro atoms. The normalized spacial score (nSPS) is 23.0. The van der Waals surface area contributed by atoms with Crippen molar-refractivity contribution in [1.82, 2.24) is 15.1 Å². The van der Waals surface area contributed by atoms with Crippen molar-refractivity contribution in [3.8, 4) is 0 Å². The van der Waals surface area contributed by atoms with Gasteiger partial charge < -0.3 is 10.2 Å². The highest BCUT2D eigenvalue weighted by Crippen LogP contribution is 2.27. The first-order valence-electron chi connectivity index (χ1n) is 7.84. The predicted molar refractivity (Wildman–Crippen MR) is 91.6 cm³/mol. The third-order valence-electron chi connectivity index (χ3n) is 4.37. The standard InChI is InChI=1S/C16H22ClN3OS/c17-14-3-1-2-4-15(14)22-12-16(21)20-8-5-13(11-20)19-9-6-18-7-10-19/h1-4,13,18H,5-12H2. The summed E-state index contributed by atoms with van der Waals surface area (Å²) in [5, 5.41) is 4.10. The summed E-state index contributed by atoms with van der Waals surface area (Å²) in [7, 11) is 0. The van der Waals surface area contributed by atoms with E-state index in [0.717, 1.165) is 55.6 Å². The van der Waals surface area contributed by atoms with Crippen LogP contribution in [0.4, 0.5) is 0 Å². The third kappa shape index (κ3) is 3.96. The summed E-state index contributed by atoms with van der Waals surface area (Å²) in [5.41, 5.74) is 0. The second kappa shape index (κ2) is 7.68. The highest BCUT2D eigenvalue weighted by molar-refractivity contribution is 8.00. The van der Waals surface area contributed by atoms with Crippen molar-refractivity contribution in [2.75, 3.05) is 45.0 Å². The number of nitrogens with zero attached hydrogens (tertiary/aromatic N) is 2. The topological polar surface area (TPSA) is 35.6 Å².